The zero-order chi connectivity index (χ0) is 9.80. The molecule has 0 N–H and O–H groups in total. The van der Waals surface area contributed by atoms with Crippen LogP contribution < -0.4 is 4.74 Å². The SMILES string of the molecule is COc1csc(Cc2ccccc2)c1. The van der Waals surface area contributed by atoms with E-state index in [9.17, 15) is 0 Å². The van der Waals surface area contributed by atoms with Crippen molar-refractivity contribution in [3.05, 3.63) is 52.2 Å². The largest absolute Gasteiger partial charge is 0.496 e. The van der Waals surface area contributed by atoms with Crippen LogP contribution in [0.4, 0.5) is 0 Å². The maximum Gasteiger partial charge on any atom is 0.129 e. The Balaban J connectivity index is 2.11. The van der Waals surface area contributed by atoms with Crippen LogP contribution in [0.2, 0.25) is 0 Å². The summed E-state index contributed by atoms with van der Waals surface area (Å²) in [7, 11) is 1.70. The van der Waals surface area contributed by atoms with E-state index in [0.717, 1.165) is 12.2 Å². The number of hydrogen-bond acceptors (Lipinski definition) is 2. The molecule has 0 fully saturated rings. The van der Waals surface area contributed by atoms with Gasteiger partial charge >= 0.3 is 0 Å². The van der Waals surface area contributed by atoms with E-state index in [2.05, 4.69) is 30.3 Å². The van der Waals surface area contributed by atoms with Crippen LogP contribution in [0.3, 0.4) is 0 Å². The smallest absolute Gasteiger partial charge is 0.129 e. The van der Waals surface area contributed by atoms with Gasteiger partial charge in [0.05, 0.1) is 7.11 Å². The second kappa shape index (κ2) is 4.29. The third kappa shape index (κ3) is 2.15. The summed E-state index contributed by atoms with van der Waals surface area (Å²) in [6, 6.07) is 12.6. The zero-order valence-corrected chi connectivity index (χ0v) is 8.88. The number of methoxy groups -OCH3 is 1. The summed E-state index contributed by atoms with van der Waals surface area (Å²) >= 11 is 1.74. The molecule has 0 saturated heterocycles. The second-order valence-corrected chi connectivity index (χ2v) is 4.11. The molecule has 0 atom stereocenters. The van der Waals surface area contributed by atoms with E-state index in [1.165, 1.54) is 10.4 Å². The number of ether oxygens (including phenoxy) is 1. The van der Waals surface area contributed by atoms with Crippen molar-refractivity contribution in [2.75, 3.05) is 7.11 Å². The predicted octanol–water partition coefficient (Wildman–Crippen LogP) is 3.35. The molecular formula is C12H12OS. The highest BCUT2D eigenvalue weighted by molar-refractivity contribution is 7.10. The van der Waals surface area contributed by atoms with Crippen molar-refractivity contribution in [1.82, 2.24) is 0 Å². The fourth-order valence-electron chi connectivity index (χ4n) is 1.36. The van der Waals surface area contributed by atoms with E-state index < -0.39 is 0 Å². The van der Waals surface area contributed by atoms with Gasteiger partial charge in [-0.2, -0.15) is 0 Å². The second-order valence-electron chi connectivity index (χ2n) is 3.12. The fourth-order valence-corrected chi connectivity index (χ4v) is 2.22. The minimum atomic E-state index is 0.959. The molecule has 0 bridgehead atoms. The molecule has 0 aliphatic carbocycles. The molecule has 2 rings (SSSR count). The van der Waals surface area contributed by atoms with Gasteiger partial charge in [-0.05, 0) is 11.6 Å². The molecule has 1 heterocycles. The van der Waals surface area contributed by atoms with Crippen LogP contribution in [0.1, 0.15) is 10.4 Å². The van der Waals surface area contributed by atoms with E-state index in [1.807, 2.05) is 11.4 Å². The molecule has 0 saturated carbocycles. The first kappa shape index (κ1) is 9.28. The summed E-state index contributed by atoms with van der Waals surface area (Å²) in [6.45, 7) is 0. The molecule has 0 radical (unpaired) electrons. The van der Waals surface area contributed by atoms with E-state index in [-0.39, 0.29) is 0 Å². The standard InChI is InChI=1S/C12H12OS/c1-13-11-8-12(14-9-11)7-10-5-3-2-4-6-10/h2-6,8-9H,7H2,1H3. The summed E-state index contributed by atoms with van der Waals surface area (Å²) in [4.78, 5) is 1.34. The van der Waals surface area contributed by atoms with Gasteiger partial charge in [-0.25, -0.2) is 0 Å². The molecule has 1 aromatic carbocycles. The number of hydrogen-bond donors (Lipinski definition) is 0. The van der Waals surface area contributed by atoms with Crippen molar-refractivity contribution in [2.24, 2.45) is 0 Å². The van der Waals surface area contributed by atoms with Crippen LogP contribution in [0.15, 0.2) is 41.8 Å². The number of benzene rings is 1. The van der Waals surface area contributed by atoms with Gasteiger partial charge in [0.1, 0.15) is 5.75 Å². The average molecular weight is 204 g/mol. The Hall–Kier alpha value is -1.28. The van der Waals surface area contributed by atoms with Crippen molar-refractivity contribution >= 4 is 11.3 Å². The normalized spacial score (nSPS) is 10.1. The quantitative estimate of drug-likeness (QED) is 0.745. The molecule has 1 aromatic heterocycles. The average Bonchev–Trinajstić information content (AvgIpc) is 2.67. The first-order chi connectivity index (χ1) is 6.88. The summed E-state index contributed by atoms with van der Waals surface area (Å²) in [5.41, 5.74) is 1.34. The number of thiophene rings is 1. The van der Waals surface area contributed by atoms with Gasteiger partial charge in [-0.3, -0.25) is 0 Å². The Morgan fingerprint density at radius 3 is 2.64 bits per heavy atom. The first-order valence-electron chi connectivity index (χ1n) is 4.54. The minimum Gasteiger partial charge on any atom is -0.496 e. The van der Waals surface area contributed by atoms with Crippen LogP contribution >= 0.6 is 11.3 Å². The maximum atomic E-state index is 5.14. The van der Waals surface area contributed by atoms with Crippen molar-refractivity contribution in [1.29, 1.82) is 0 Å². The highest BCUT2D eigenvalue weighted by Crippen LogP contribution is 2.23. The third-order valence-electron chi connectivity index (χ3n) is 2.09. The Labute approximate surface area is 88.0 Å². The lowest BCUT2D eigenvalue weighted by Gasteiger charge is -1.96. The summed E-state index contributed by atoms with van der Waals surface area (Å²) < 4.78 is 5.14. The van der Waals surface area contributed by atoms with Gasteiger partial charge in [-0.1, -0.05) is 30.3 Å². The first-order valence-corrected chi connectivity index (χ1v) is 5.42. The fraction of sp³-hybridized carbons (Fsp3) is 0.167. The topological polar surface area (TPSA) is 9.23 Å². The monoisotopic (exact) mass is 204 g/mol. The Morgan fingerprint density at radius 1 is 1.21 bits per heavy atom. The van der Waals surface area contributed by atoms with Gasteiger partial charge < -0.3 is 4.74 Å². The van der Waals surface area contributed by atoms with Gasteiger partial charge in [0.25, 0.3) is 0 Å². The summed E-state index contributed by atoms with van der Waals surface area (Å²) in [5.74, 6) is 0.959. The molecule has 72 valence electrons. The lowest BCUT2D eigenvalue weighted by Crippen LogP contribution is -1.83. The Kier molecular flexibility index (Phi) is 2.84. The van der Waals surface area contributed by atoms with Crippen LogP contribution in [0.5, 0.6) is 5.75 Å². The highest BCUT2D eigenvalue weighted by Gasteiger charge is 2.00. The molecule has 0 unspecified atom stereocenters. The summed E-state index contributed by atoms with van der Waals surface area (Å²) in [6.07, 6.45) is 0.995. The molecule has 2 aromatic rings. The van der Waals surface area contributed by atoms with Crippen LogP contribution in [0.25, 0.3) is 0 Å². The van der Waals surface area contributed by atoms with Crippen molar-refractivity contribution in [2.45, 2.75) is 6.42 Å². The molecule has 0 aliphatic heterocycles. The summed E-state index contributed by atoms with van der Waals surface area (Å²) in [5, 5.41) is 2.04. The van der Waals surface area contributed by atoms with Crippen LogP contribution in [-0.2, 0) is 6.42 Å². The van der Waals surface area contributed by atoms with Crippen molar-refractivity contribution in [3.63, 3.8) is 0 Å². The van der Waals surface area contributed by atoms with Gasteiger partial charge in [0.2, 0.25) is 0 Å². The minimum absolute atomic E-state index is 0.959. The van der Waals surface area contributed by atoms with Gasteiger partial charge in [-0.15, -0.1) is 11.3 Å². The Morgan fingerprint density at radius 2 is 2.00 bits per heavy atom. The highest BCUT2D eigenvalue weighted by atomic mass is 32.1. The predicted molar refractivity (Wildman–Crippen MR) is 60.1 cm³/mol. The molecule has 1 nitrogen and oxygen atoms in total. The molecule has 0 amide bonds. The Bertz CT molecular complexity index is 392. The maximum absolute atomic E-state index is 5.14. The van der Waals surface area contributed by atoms with Crippen LogP contribution in [-0.4, -0.2) is 7.11 Å². The molecule has 14 heavy (non-hydrogen) atoms. The van der Waals surface area contributed by atoms with Crippen molar-refractivity contribution < 1.29 is 4.74 Å². The van der Waals surface area contributed by atoms with Crippen LogP contribution in [0, 0.1) is 0 Å². The van der Waals surface area contributed by atoms with E-state index in [1.54, 1.807) is 18.4 Å². The van der Waals surface area contributed by atoms with Crippen molar-refractivity contribution in [3.8, 4) is 5.75 Å². The van der Waals surface area contributed by atoms with E-state index in [4.69, 9.17) is 4.74 Å². The zero-order valence-electron chi connectivity index (χ0n) is 8.07. The van der Waals surface area contributed by atoms with Gasteiger partial charge in [0.15, 0.2) is 0 Å². The molecule has 0 aliphatic rings. The number of rotatable bonds is 3. The third-order valence-corrected chi connectivity index (χ3v) is 3.00. The molecule has 0 spiro atoms. The molecule has 2 heteroatoms. The van der Waals surface area contributed by atoms with Gasteiger partial charge in [0, 0.05) is 16.7 Å². The molecular weight excluding hydrogens is 192 g/mol. The van der Waals surface area contributed by atoms with E-state index >= 15 is 0 Å². The van der Waals surface area contributed by atoms with E-state index in [0.29, 0.717) is 0 Å². The lowest BCUT2D eigenvalue weighted by atomic mass is 10.1. The lowest BCUT2D eigenvalue weighted by molar-refractivity contribution is 0.416.